The molecule has 0 bridgehead atoms. The van der Waals surface area contributed by atoms with E-state index in [1.165, 1.54) is 16.9 Å². The molecule has 0 saturated heterocycles. The second-order valence-corrected chi connectivity index (χ2v) is 8.90. The largest absolute Gasteiger partial charge is 0.298 e. The number of carbonyl (C=O) groups is 1. The molecule has 0 aliphatic carbocycles. The van der Waals surface area contributed by atoms with Crippen LogP contribution in [-0.4, -0.2) is 10.9 Å². The lowest BCUT2D eigenvalue weighted by Gasteiger charge is -2.05. The summed E-state index contributed by atoms with van der Waals surface area (Å²) in [5.74, 6) is -0.217. The third kappa shape index (κ3) is 4.72. The molecule has 0 radical (unpaired) electrons. The fourth-order valence-corrected chi connectivity index (χ4v) is 4.69. The summed E-state index contributed by atoms with van der Waals surface area (Å²) in [6.07, 6.45) is 0. The van der Waals surface area contributed by atoms with Crippen LogP contribution in [0.5, 0.6) is 0 Å². The topological polar surface area (TPSA) is 42.0 Å². The summed E-state index contributed by atoms with van der Waals surface area (Å²) in [6.45, 7) is 0. The van der Waals surface area contributed by atoms with E-state index >= 15 is 0 Å². The highest BCUT2D eigenvalue weighted by atomic mass is 35.5. The molecule has 1 N–H and O–H groups in total. The van der Waals surface area contributed by atoms with Crippen LogP contribution in [0, 0.1) is 0 Å². The molecule has 1 amide bonds. The summed E-state index contributed by atoms with van der Waals surface area (Å²) >= 11 is 7.41. The lowest BCUT2D eigenvalue weighted by molar-refractivity contribution is 0.102. The number of nitrogens with one attached hydrogen (secondary N) is 1. The molecule has 5 rings (SSSR count). The highest BCUT2D eigenvalue weighted by Gasteiger charge is 2.17. The van der Waals surface area contributed by atoms with Gasteiger partial charge >= 0.3 is 0 Å². The predicted molar refractivity (Wildman–Crippen MR) is 138 cm³/mol. The van der Waals surface area contributed by atoms with Gasteiger partial charge in [0, 0.05) is 16.1 Å². The zero-order valence-electron chi connectivity index (χ0n) is 17.5. The lowest BCUT2D eigenvalue weighted by Crippen LogP contribution is -2.11. The number of aromatic nitrogens is 1. The SMILES string of the molecule is O=C(Nc1nc(-c2ccccc2)c(-c2ccc(-c3ccccc3)cc2)s1)c1ccc(Cl)cc1. The third-order valence-electron chi connectivity index (χ3n) is 5.26. The van der Waals surface area contributed by atoms with Crippen molar-refractivity contribution in [3.05, 3.63) is 120 Å². The van der Waals surface area contributed by atoms with Crippen LogP contribution in [0.4, 0.5) is 5.13 Å². The van der Waals surface area contributed by atoms with E-state index in [9.17, 15) is 4.79 Å². The van der Waals surface area contributed by atoms with Crippen molar-refractivity contribution in [2.75, 3.05) is 5.32 Å². The summed E-state index contributed by atoms with van der Waals surface area (Å²) in [7, 11) is 0. The zero-order valence-corrected chi connectivity index (χ0v) is 19.1. The van der Waals surface area contributed by atoms with Gasteiger partial charge in [-0.05, 0) is 41.0 Å². The van der Waals surface area contributed by atoms with Crippen molar-refractivity contribution in [1.29, 1.82) is 0 Å². The van der Waals surface area contributed by atoms with Crippen LogP contribution in [0.1, 0.15) is 10.4 Å². The Morgan fingerprint density at radius 2 is 1.21 bits per heavy atom. The Morgan fingerprint density at radius 3 is 1.85 bits per heavy atom. The molecule has 0 spiro atoms. The van der Waals surface area contributed by atoms with E-state index in [1.807, 2.05) is 48.5 Å². The van der Waals surface area contributed by atoms with Crippen molar-refractivity contribution in [2.45, 2.75) is 0 Å². The van der Waals surface area contributed by atoms with Crippen LogP contribution < -0.4 is 5.32 Å². The van der Waals surface area contributed by atoms with Gasteiger partial charge in [0.25, 0.3) is 5.91 Å². The van der Waals surface area contributed by atoms with E-state index in [1.54, 1.807) is 24.3 Å². The first-order valence-electron chi connectivity index (χ1n) is 10.5. The van der Waals surface area contributed by atoms with Crippen LogP contribution in [-0.2, 0) is 0 Å². The smallest absolute Gasteiger partial charge is 0.257 e. The maximum atomic E-state index is 12.7. The van der Waals surface area contributed by atoms with Gasteiger partial charge in [0.1, 0.15) is 0 Å². The number of thiazole rings is 1. The monoisotopic (exact) mass is 466 g/mol. The number of nitrogens with zero attached hydrogens (tertiary/aromatic N) is 1. The Hall–Kier alpha value is -3.73. The van der Waals surface area contributed by atoms with Gasteiger partial charge < -0.3 is 0 Å². The fraction of sp³-hybridized carbons (Fsp3) is 0. The number of anilines is 1. The molecule has 0 aliphatic rings. The Balaban J connectivity index is 1.50. The number of halogens is 1. The molecular formula is C28H19ClN2OS. The van der Waals surface area contributed by atoms with E-state index in [4.69, 9.17) is 16.6 Å². The molecule has 1 aromatic heterocycles. The second-order valence-electron chi connectivity index (χ2n) is 7.47. The Labute approximate surface area is 201 Å². The molecule has 4 aromatic carbocycles. The molecule has 0 aliphatic heterocycles. The third-order valence-corrected chi connectivity index (χ3v) is 6.53. The Kier molecular flexibility index (Phi) is 6.03. The fourth-order valence-electron chi connectivity index (χ4n) is 3.58. The van der Waals surface area contributed by atoms with Crippen molar-refractivity contribution in [3.63, 3.8) is 0 Å². The molecular weight excluding hydrogens is 448 g/mol. The highest BCUT2D eigenvalue weighted by Crippen LogP contribution is 2.39. The van der Waals surface area contributed by atoms with Gasteiger partial charge in [0.05, 0.1) is 10.6 Å². The average Bonchev–Trinajstić information content (AvgIpc) is 3.29. The maximum Gasteiger partial charge on any atom is 0.257 e. The molecule has 5 aromatic rings. The minimum atomic E-state index is -0.217. The van der Waals surface area contributed by atoms with Crippen molar-refractivity contribution < 1.29 is 4.79 Å². The van der Waals surface area contributed by atoms with Crippen LogP contribution in [0.2, 0.25) is 5.02 Å². The number of benzene rings is 4. The van der Waals surface area contributed by atoms with Crippen LogP contribution >= 0.6 is 22.9 Å². The first-order chi connectivity index (χ1) is 16.2. The van der Waals surface area contributed by atoms with Gasteiger partial charge in [-0.3, -0.25) is 10.1 Å². The lowest BCUT2D eigenvalue weighted by atomic mass is 10.0. The van der Waals surface area contributed by atoms with Crippen molar-refractivity contribution in [2.24, 2.45) is 0 Å². The molecule has 0 saturated carbocycles. The van der Waals surface area contributed by atoms with Crippen LogP contribution in [0.15, 0.2) is 109 Å². The van der Waals surface area contributed by atoms with Gasteiger partial charge in [-0.2, -0.15) is 0 Å². The normalized spacial score (nSPS) is 10.7. The van der Waals surface area contributed by atoms with Gasteiger partial charge in [-0.25, -0.2) is 4.98 Å². The van der Waals surface area contributed by atoms with E-state index in [2.05, 4.69) is 41.7 Å². The predicted octanol–water partition coefficient (Wildman–Crippen LogP) is 8.05. The standard InChI is InChI=1S/C28H19ClN2OS/c29-24-17-15-23(16-18-24)27(32)31-28-30-25(21-9-5-2-6-10-21)26(33-28)22-13-11-20(12-14-22)19-7-3-1-4-8-19/h1-18H,(H,30,31,32). The summed E-state index contributed by atoms with van der Waals surface area (Å²) in [5, 5.41) is 4.08. The molecule has 0 unspecified atom stereocenters. The van der Waals surface area contributed by atoms with Gasteiger partial charge in [-0.1, -0.05) is 108 Å². The molecule has 1 heterocycles. The van der Waals surface area contributed by atoms with Gasteiger partial charge in [0.2, 0.25) is 0 Å². The van der Waals surface area contributed by atoms with Crippen LogP contribution in [0.25, 0.3) is 32.8 Å². The van der Waals surface area contributed by atoms with Crippen molar-refractivity contribution >= 4 is 34.0 Å². The van der Waals surface area contributed by atoms with E-state index < -0.39 is 0 Å². The second kappa shape index (κ2) is 9.41. The number of carbonyl (C=O) groups excluding carboxylic acids is 1. The molecule has 160 valence electrons. The first-order valence-corrected chi connectivity index (χ1v) is 11.7. The number of amides is 1. The Morgan fingerprint density at radius 1 is 0.667 bits per heavy atom. The molecule has 0 fully saturated rings. The van der Waals surface area contributed by atoms with E-state index in [0.717, 1.165) is 27.3 Å². The average molecular weight is 467 g/mol. The summed E-state index contributed by atoms with van der Waals surface area (Å²) in [4.78, 5) is 18.5. The number of hydrogen-bond acceptors (Lipinski definition) is 3. The zero-order chi connectivity index (χ0) is 22.6. The molecule has 33 heavy (non-hydrogen) atoms. The highest BCUT2D eigenvalue weighted by molar-refractivity contribution is 7.19. The maximum absolute atomic E-state index is 12.7. The summed E-state index contributed by atoms with van der Waals surface area (Å²) in [6, 6.07) is 35.6. The van der Waals surface area contributed by atoms with Crippen LogP contribution in [0.3, 0.4) is 0 Å². The number of rotatable bonds is 5. The number of hydrogen-bond donors (Lipinski definition) is 1. The molecule has 5 heteroatoms. The van der Waals surface area contributed by atoms with E-state index in [0.29, 0.717) is 15.7 Å². The summed E-state index contributed by atoms with van der Waals surface area (Å²) in [5.41, 5.74) is 5.76. The quantitative estimate of drug-likeness (QED) is 0.284. The van der Waals surface area contributed by atoms with Gasteiger partial charge in [0.15, 0.2) is 5.13 Å². The minimum absolute atomic E-state index is 0.217. The Bertz CT molecular complexity index is 1380. The molecule has 3 nitrogen and oxygen atoms in total. The minimum Gasteiger partial charge on any atom is -0.298 e. The first kappa shape index (κ1) is 21.1. The molecule has 0 atom stereocenters. The summed E-state index contributed by atoms with van der Waals surface area (Å²) < 4.78 is 0. The van der Waals surface area contributed by atoms with Crippen molar-refractivity contribution in [1.82, 2.24) is 4.98 Å². The van der Waals surface area contributed by atoms with Crippen molar-refractivity contribution in [3.8, 4) is 32.8 Å². The van der Waals surface area contributed by atoms with Gasteiger partial charge in [-0.15, -0.1) is 0 Å². The van der Waals surface area contributed by atoms with E-state index in [-0.39, 0.29) is 5.91 Å².